The van der Waals surface area contributed by atoms with E-state index in [2.05, 4.69) is 4.98 Å². The van der Waals surface area contributed by atoms with Gasteiger partial charge in [0.25, 0.3) is 5.56 Å². The van der Waals surface area contributed by atoms with Crippen LogP contribution in [0, 0.1) is 0 Å². The van der Waals surface area contributed by atoms with Crippen molar-refractivity contribution in [1.82, 2.24) is 9.55 Å². The second kappa shape index (κ2) is 7.48. The van der Waals surface area contributed by atoms with Gasteiger partial charge in [-0.05, 0) is 38.1 Å². The number of halogens is 2. The van der Waals surface area contributed by atoms with Crippen LogP contribution in [0.15, 0.2) is 53.6 Å². The maximum absolute atomic E-state index is 12.9. The second-order valence-corrected chi connectivity index (χ2v) is 7.00. The molecule has 0 unspecified atom stereocenters. The van der Waals surface area contributed by atoms with Gasteiger partial charge in [0.2, 0.25) is 5.91 Å². The third kappa shape index (κ3) is 3.59. The van der Waals surface area contributed by atoms with Crippen LogP contribution in [-0.2, 0) is 11.3 Å². The van der Waals surface area contributed by atoms with Crippen molar-refractivity contribution in [3.63, 3.8) is 0 Å². The number of aromatic nitrogens is 2. The number of benzene rings is 2. The van der Waals surface area contributed by atoms with Crippen LogP contribution in [0.1, 0.15) is 13.8 Å². The van der Waals surface area contributed by atoms with Crippen molar-refractivity contribution in [3.05, 3.63) is 69.2 Å². The molecule has 0 fully saturated rings. The molecule has 5 nitrogen and oxygen atoms in total. The Balaban J connectivity index is 1.99. The van der Waals surface area contributed by atoms with Crippen molar-refractivity contribution in [2.45, 2.75) is 26.4 Å². The summed E-state index contributed by atoms with van der Waals surface area (Å²) in [6, 6.07) is 12.3. The topological polar surface area (TPSA) is 55.2 Å². The summed E-state index contributed by atoms with van der Waals surface area (Å²) in [6.07, 6.45) is 1.34. The quantitative estimate of drug-likeness (QED) is 0.673. The summed E-state index contributed by atoms with van der Waals surface area (Å²) in [7, 11) is 0. The van der Waals surface area contributed by atoms with Crippen molar-refractivity contribution in [2.24, 2.45) is 0 Å². The molecule has 26 heavy (non-hydrogen) atoms. The number of carbonyl (C=O) groups excluding carboxylic acids is 1. The number of fused-ring (bicyclic) bond motifs is 1. The van der Waals surface area contributed by atoms with E-state index in [1.165, 1.54) is 23.0 Å². The van der Waals surface area contributed by atoms with Crippen LogP contribution in [0.5, 0.6) is 0 Å². The lowest BCUT2D eigenvalue weighted by Gasteiger charge is -2.27. The number of hydrogen-bond donors (Lipinski definition) is 0. The number of hydrogen-bond acceptors (Lipinski definition) is 3. The van der Waals surface area contributed by atoms with E-state index in [4.69, 9.17) is 23.2 Å². The summed E-state index contributed by atoms with van der Waals surface area (Å²) in [5.74, 6) is -0.206. The third-order valence-electron chi connectivity index (χ3n) is 3.97. The maximum Gasteiger partial charge on any atom is 0.261 e. The number of carbonyl (C=O) groups is 1. The van der Waals surface area contributed by atoms with Gasteiger partial charge in [0.1, 0.15) is 6.54 Å². The molecule has 1 amide bonds. The molecule has 0 saturated carbocycles. The van der Waals surface area contributed by atoms with Gasteiger partial charge >= 0.3 is 0 Å². The minimum atomic E-state index is -0.357. The predicted molar refractivity (Wildman–Crippen MR) is 105 cm³/mol. The van der Waals surface area contributed by atoms with E-state index >= 15 is 0 Å². The first-order valence-corrected chi connectivity index (χ1v) is 8.85. The Morgan fingerprint density at radius 3 is 2.54 bits per heavy atom. The lowest BCUT2D eigenvalue weighted by molar-refractivity contribution is -0.119. The molecule has 0 spiro atoms. The largest absolute Gasteiger partial charge is 0.308 e. The molecule has 0 radical (unpaired) electrons. The first-order chi connectivity index (χ1) is 12.4. The van der Waals surface area contributed by atoms with Gasteiger partial charge < -0.3 is 4.90 Å². The van der Waals surface area contributed by atoms with Crippen LogP contribution in [0.4, 0.5) is 5.69 Å². The minimum Gasteiger partial charge on any atom is -0.308 e. The summed E-state index contributed by atoms with van der Waals surface area (Å²) < 4.78 is 1.27. The van der Waals surface area contributed by atoms with Gasteiger partial charge in [-0.25, -0.2) is 4.98 Å². The van der Waals surface area contributed by atoms with Crippen LogP contribution < -0.4 is 10.5 Å². The van der Waals surface area contributed by atoms with E-state index in [-0.39, 0.29) is 29.4 Å². The summed E-state index contributed by atoms with van der Waals surface area (Å²) in [6.45, 7) is 3.72. The van der Waals surface area contributed by atoms with Gasteiger partial charge in [0.15, 0.2) is 0 Å². The maximum atomic E-state index is 12.9. The number of rotatable bonds is 4. The molecule has 0 saturated heterocycles. The summed E-state index contributed by atoms with van der Waals surface area (Å²) >= 11 is 12.1. The molecule has 0 bridgehead atoms. The van der Waals surface area contributed by atoms with E-state index < -0.39 is 0 Å². The zero-order valence-electron chi connectivity index (χ0n) is 14.3. The smallest absolute Gasteiger partial charge is 0.261 e. The molecule has 0 aliphatic rings. The first kappa shape index (κ1) is 18.4. The molecule has 7 heteroatoms. The number of para-hydroxylation sites is 1. The fraction of sp³-hybridized carbons (Fsp3) is 0.211. The molecule has 0 atom stereocenters. The summed E-state index contributed by atoms with van der Waals surface area (Å²) in [5, 5.41) is 0.934. The number of nitrogens with zero attached hydrogens (tertiary/aromatic N) is 3. The van der Waals surface area contributed by atoms with E-state index in [1.807, 2.05) is 44.2 Å². The lowest BCUT2D eigenvalue weighted by atomic mass is 10.2. The highest BCUT2D eigenvalue weighted by molar-refractivity contribution is 6.38. The van der Waals surface area contributed by atoms with E-state index in [9.17, 15) is 9.59 Å². The highest BCUT2D eigenvalue weighted by Gasteiger charge is 2.20. The molecule has 3 rings (SSSR count). The van der Waals surface area contributed by atoms with E-state index in [0.29, 0.717) is 15.6 Å². The van der Waals surface area contributed by atoms with Crippen LogP contribution in [0.3, 0.4) is 0 Å². The normalized spacial score (nSPS) is 11.1. The summed E-state index contributed by atoms with van der Waals surface area (Å²) in [4.78, 5) is 31.5. The SMILES string of the molecule is CC(C)N(C(=O)Cn1cnc2c(Cl)cc(Cl)cc2c1=O)c1ccccc1. The first-order valence-electron chi connectivity index (χ1n) is 8.10. The summed E-state index contributed by atoms with van der Waals surface area (Å²) in [5.41, 5.74) is 0.790. The van der Waals surface area contributed by atoms with Gasteiger partial charge in [-0.1, -0.05) is 41.4 Å². The Hall–Kier alpha value is -2.37. The third-order valence-corrected chi connectivity index (χ3v) is 4.48. The standard InChI is InChI=1S/C19H17Cl2N3O2/c1-12(2)24(14-6-4-3-5-7-14)17(25)10-23-11-22-18-15(19(23)26)8-13(20)9-16(18)21/h3-9,11-12H,10H2,1-2H3. The van der Waals surface area contributed by atoms with Crippen molar-refractivity contribution in [1.29, 1.82) is 0 Å². The zero-order valence-corrected chi connectivity index (χ0v) is 15.8. The zero-order chi connectivity index (χ0) is 18.8. The molecular formula is C19H17Cl2N3O2. The molecular weight excluding hydrogens is 373 g/mol. The average molecular weight is 390 g/mol. The van der Waals surface area contributed by atoms with E-state index in [0.717, 1.165) is 5.69 Å². The van der Waals surface area contributed by atoms with Crippen molar-refractivity contribution >= 4 is 45.7 Å². The van der Waals surface area contributed by atoms with Crippen LogP contribution in [-0.4, -0.2) is 21.5 Å². The Labute approximate surface area is 160 Å². The Kier molecular flexibility index (Phi) is 5.30. The highest BCUT2D eigenvalue weighted by atomic mass is 35.5. The van der Waals surface area contributed by atoms with Gasteiger partial charge in [-0.2, -0.15) is 0 Å². The van der Waals surface area contributed by atoms with Crippen molar-refractivity contribution < 1.29 is 4.79 Å². The second-order valence-electron chi connectivity index (χ2n) is 6.15. The van der Waals surface area contributed by atoms with Gasteiger partial charge in [-0.3, -0.25) is 14.2 Å². The molecule has 0 aliphatic carbocycles. The minimum absolute atomic E-state index is 0.0575. The molecule has 1 heterocycles. The van der Waals surface area contributed by atoms with Crippen LogP contribution >= 0.6 is 23.2 Å². The molecule has 0 aliphatic heterocycles. The number of anilines is 1. The van der Waals surface area contributed by atoms with Gasteiger partial charge in [-0.15, -0.1) is 0 Å². The fourth-order valence-corrected chi connectivity index (χ4v) is 3.39. The Bertz CT molecular complexity index is 1020. The van der Waals surface area contributed by atoms with Crippen molar-refractivity contribution in [3.8, 4) is 0 Å². The molecule has 3 aromatic rings. The fourth-order valence-electron chi connectivity index (χ4n) is 2.85. The van der Waals surface area contributed by atoms with E-state index in [1.54, 1.807) is 4.90 Å². The van der Waals surface area contributed by atoms with Gasteiger partial charge in [0, 0.05) is 16.8 Å². The van der Waals surface area contributed by atoms with Gasteiger partial charge in [0.05, 0.1) is 22.3 Å². The monoisotopic (exact) mass is 389 g/mol. The molecule has 1 aromatic heterocycles. The predicted octanol–water partition coefficient (Wildman–Crippen LogP) is 4.14. The molecule has 2 aromatic carbocycles. The molecule has 134 valence electrons. The molecule has 0 N–H and O–H groups in total. The lowest BCUT2D eigenvalue weighted by Crippen LogP contribution is -2.41. The van der Waals surface area contributed by atoms with Crippen LogP contribution in [0.2, 0.25) is 10.0 Å². The highest BCUT2D eigenvalue weighted by Crippen LogP contribution is 2.24. The van der Waals surface area contributed by atoms with Crippen LogP contribution in [0.25, 0.3) is 10.9 Å². The average Bonchev–Trinajstić information content (AvgIpc) is 2.58. The number of amides is 1. The van der Waals surface area contributed by atoms with Crippen molar-refractivity contribution in [2.75, 3.05) is 4.90 Å². The Morgan fingerprint density at radius 2 is 1.88 bits per heavy atom. The Morgan fingerprint density at radius 1 is 1.19 bits per heavy atom.